The molecule has 2 aliphatic heterocycles. The molecule has 0 atom stereocenters. The first-order chi connectivity index (χ1) is 18.6. The topological polar surface area (TPSA) is 35.6 Å². The summed E-state index contributed by atoms with van der Waals surface area (Å²) in [7, 11) is 0. The summed E-state index contributed by atoms with van der Waals surface area (Å²) < 4.78 is 0. The van der Waals surface area contributed by atoms with Crippen LogP contribution in [0.25, 0.3) is 0 Å². The predicted molar refractivity (Wildman–Crippen MR) is 156 cm³/mol. The fraction of sp³-hybridized carbons (Fsp3) is 0.441. The Labute approximate surface area is 229 Å². The number of amides is 1. The minimum atomic E-state index is -0.00588. The number of aryl methyl sites for hydroxylation is 2. The fourth-order valence-corrected chi connectivity index (χ4v) is 6.57. The van der Waals surface area contributed by atoms with Crippen molar-refractivity contribution >= 4 is 5.91 Å². The molecule has 0 spiro atoms. The van der Waals surface area contributed by atoms with Crippen molar-refractivity contribution in [3.8, 4) is 0 Å². The quantitative estimate of drug-likeness (QED) is 0.403. The van der Waals surface area contributed by atoms with Gasteiger partial charge in [-0.05, 0) is 80.4 Å². The lowest BCUT2D eigenvalue weighted by Gasteiger charge is -2.45. The Bertz CT molecular complexity index is 1150. The number of hydrogen-bond donors (Lipinski definition) is 1. The number of rotatable bonds is 8. The molecular formula is C34H43N3O. The van der Waals surface area contributed by atoms with Crippen molar-refractivity contribution in [2.75, 3.05) is 39.3 Å². The predicted octanol–water partition coefficient (Wildman–Crippen LogP) is 6.03. The average molecular weight is 510 g/mol. The standard InChI is InChI=1S/C34H43N3O/c1-27-13-7-9-17-30(27)33(31-18-10-8-14-28(31)2)35-25-32(38)37-23-19-34(20-24-37,29-15-5-3-6-16-29)26-36-21-11-4-12-22-36/h3,5-10,13-18,33,35H,4,11-12,19-26H2,1-2H3. The molecule has 0 unspecified atom stereocenters. The van der Waals surface area contributed by atoms with Crippen LogP contribution in [0.4, 0.5) is 0 Å². The van der Waals surface area contributed by atoms with Gasteiger partial charge in [0.1, 0.15) is 0 Å². The molecule has 5 rings (SSSR count). The van der Waals surface area contributed by atoms with Crippen molar-refractivity contribution in [1.82, 2.24) is 15.1 Å². The molecule has 1 N–H and O–H groups in total. The number of likely N-dealkylation sites (tertiary alicyclic amines) is 2. The molecule has 0 aliphatic carbocycles. The summed E-state index contributed by atoms with van der Waals surface area (Å²) in [6, 6.07) is 28.1. The summed E-state index contributed by atoms with van der Waals surface area (Å²) in [4.78, 5) is 18.3. The molecule has 200 valence electrons. The Morgan fingerprint density at radius 1 is 0.763 bits per heavy atom. The van der Waals surface area contributed by atoms with E-state index in [2.05, 4.69) is 108 Å². The van der Waals surface area contributed by atoms with Gasteiger partial charge in [0.05, 0.1) is 12.6 Å². The van der Waals surface area contributed by atoms with Crippen molar-refractivity contribution in [3.63, 3.8) is 0 Å². The zero-order chi connectivity index (χ0) is 26.4. The first-order valence-electron chi connectivity index (χ1n) is 14.5. The molecule has 2 fully saturated rings. The van der Waals surface area contributed by atoms with Crippen LogP contribution in [0, 0.1) is 13.8 Å². The van der Waals surface area contributed by atoms with Gasteiger partial charge in [0, 0.05) is 25.0 Å². The van der Waals surface area contributed by atoms with Crippen molar-refractivity contribution in [1.29, 1.82) is 0 Å². The van der Waals surface area contributed by atoms with E-state index >= 15 is 0 Å². The third-order valence-corrected chi connectivity index (χ3v) is 8.89. The first kappa shape index (κ1) is 26.6. The molecule has 2 saturated heterocycles. The van der Waals surface area contributed by atoms with Crippen LogP contribution in [0.5, 0.6) is 0 Å². The number of piperidine rings is 2. The van der Waals surface area contributed by atoms with Gasteiger partial charge in [0.25, 0.3) is 0 Å². The lowest BCUT2D eigenvalue weighted by atomic mass is 9.72. The number of benzene rings is 3. The van der Waals surface area contributed by atoms with E-state index in [4.69, 9.17) is 0 Å². The summed E-state index contributed by atoms with van der Waals surface area (Å²) in [6.45, 7) is 9.82. The van der Waals surface area contributed by atoms with Gasteiger partial charge < -0.3 is 9.80 Å². The molecule has 38 heavy (non-hydrogen) atoms. The molecule has 1 amide bonds. The highest BCUT2D eigenvalue weighted by molar-refractivity contribution is 5.78. The van der Waals surface area contributed by atoms with Crippen molar-refractivity contribution < 1.29 is 4.79 Å². The molecular weight excluding hydrogens is 466 g/mol. The summed E-state index contributed by atoms with van der Waals surface area (Å²) in [5.41, 5.74) is 6.52. The second-order valence-electron chi connectivity index (χ2n) is 11.4. The lowest BCUT2D eigenvalue weighted by molar-refractivity contribution is -0.132. The summed E-state index contributed by atoms with van der Waals surface area (Å²) in [5, 5.41) is 3.65. The lowest BCUT2D eigenvalue weighted by Crippen LogP contribution is -2.52. The van der Waals surface area contributed by atoms with Crippen molar-refractivity contribution in [3.05, 3.63) is 107 Å². The number of hydrogen-bond acceptors (Lipinski definition) is 3. The number of carbonyl (C=O) groups excluding carboxylic acids is 1. The van der Waals surface area contributed by atoms with Crippen LogP contribution in [0.1, 0.15) is 66.0 Å². The van der Waals surface area contributed by atoms with Gasteiger partial charge in [0.2, 0.25) is 5.91 Å². The number of nitrogens with zero attached hydrogens (tertiary/aromatic N) is 2. The third kappa shape index (κ3) is 6.03. The van der Waals surface area contributed by atoms with Gasteiger partial charge in [-0.15, -0.1) is 0 Å². The highest BCUT2D eigenvalue weighted by Gasteiger charge is 2.39. The molecule has 2 aliphatic rings. The molecule has 4 heteroatoms. The van der Waals surface area contributed by atoms with Crippen LogP contribution >= 0.6 is 0 Å². The minimum Gasteiger partial charge on any atom is -0.342 e. The monoisotopic (exact) mass is 509 g/mol. The molecule has 0 aromatic heterocycles. The Hall–Kier alpha value is -2.95. The zero-order valence-corrected chi connectivity index (χ0v) is 23.2. The van der Waals surface area contributed by atoms with Crippen molar-refractivity contribution in [2.45, 2.75) is 57.4 Å². The van der Waals surface area contributed by atoms with E-state index in [1.165, 1.54) is 60.2 Å². The molecule has 0 saturated carbocycles. The summed E-state index contributed by atoms with van der Waals surface area (Å²) >= 11 is 0. The Balaban J connectivity index is 1.28. The first-order valence-corrected chi connectivity index (χ1v) is 14.5. The van der Waals surface area contributed by atoms with E-state index in [0.717, 1.165) is 32.5 Å². The normalized spacial score (nSPS) is 18.0. The van der Waals surface area contributed by atoms with E-state index in [-0.39, 0.29) is 17.4 Å². The summed E-state index contributed by atoms with van der Waals surface area (Å²) in [6.07, 6.45) is 6.03. The average Bonchev–Trinajstić information content (AvgIpc) is 2.96. The molecule has 0 bridgehead atoms. The SMILES string of the molecule is Cc1ccccc1C(NCC(=O)N1CCC(CN2CCCCC2)(c2ccccc2)CC1)c1ccccc1C. The second-order valence-corrected chi connectivity index (χ2v) is 11.4. The maximum absolute atomic E-state index is 13.5. The van der Waals surface area contributed by atoms with Gasteiger partial charge in [-0.3, -0.25) is 10.1 Å². The van der Waals surface area contributed by atoms with Gasteiger partial charge in [-0.25, -0.2) is 0 Å². The fourth-order valence-electron chi connectivity index (χ4n) is 6.57. The minimum absolute atomic E-state index is 0.00588. The van der Waals surface area contributed by atoms with Gasteiger partial charge >= 0.3 is 0 Å². The highest BCUT2D eigenvalue weighted by atomic mass is 16.2. The van der Waals surface area contributed by atoms with Crippen LogP contribution in [0.15, 0.2) is 78.9 Å². The number of carbonyl (C=O) groups is 1. The van der Waals surface area contributed by atoms with Gasteiger partial charge in [-0.1, -0.05) is 85.3 Å². The van der Waals surface area contributed by atoms with Crippen LogP contribution in [-0.2, 0) is 10.2 Å². The largest absolute Gasteiger partial charge is 0.342 e. The summed E-state index contributed by atoms with van der Waals surface area (Å²) in [5.74, 6) is 0.205. The number of nitrogens with one attached hydrogen (secondary N) is 1. The van der Waals surface area contributed by atoms with E-state index in [9.17, 15) is 4.79 Å². The van der Waals surface area contributed by atoms with E-state index in [0.29, 0.717) is 6.54 Å². The molecule has 3 aromatic carbocycles. The Kier molecular flexibility index (Phi) is 8.61. The Morgan fingerprint density at radius 2 is 1.32 bits per heavy atom. The van der Waals surface area contributed by atoms with Gasteiger partial charge in [0.15, 0.2) is 0 Å². The molecule has 3 aromatic rings. The third-order valence-electron chi connectivity index (χ3n) is 8.89. The van der Waals surface area contributed by atoms with Crippen molar-refractivity contribution in [2.24, 2.45) is 0 Å². The van der Waals surface area contributed by atoms with Crippen LogP contribution in [0.3, 0.4) is 0 Å². The Morgan fingerprint density at radius 3 is 1.89 bits per heavy atom. The van der Waals surface area contributed by atoms with E-state index in [1.807, 2.05) is 0 Å². The van der Waals surface area contributed by atoms with Crippen LogP contribution in [-0.4, -0.2) is 55.0 Å². The van der Waals surface area contributed by atoms with E-state index in [1.54, 1.807) is 0 Å². The van der Waals surface area contributed by atoms with Gasteiger partial charge in [-0.2, -0.15) is 0 Å². The van der Waals surface area contributed by atoms with Crippen LogP contribution < -0.4 is 5.32 Å². The molecule has 0 radical (unpaired) electrons. The smallest absolute Gasteiger partial charge is 0.236 e. The highest BCUT2D eigenvalue weighted by Crippen LogP contribution is 2.37. The maximum Gasteiger partial charge on any atom is 0.236 e. The maximum atomic E-state index is 13.5. The van der Waals surface area contributed by atoms with Crippen LogP contribution in [0.2, 0.25) is 0 Å². The molecule has 4 nitrogen and oxygen atoms in total. The van der Waals surface area contributed by atoms with E-state index < -0.39 is 0 Å². The zero-order valence-electron chi connectivity index (χ0n) is 23.2. The molecule has 2 heterocycles. The second kappa shape index (κ2) is 12.3.